The molecule has 5 nitrogen and oxygen atoms in total. The summed E-state index contributed by atoms with van der Waals surface area (Å²) >= 11 is 9.33. The summed E-state index contributed by atoms with van der Waals surface area (Å²) in [5, 5.41) is 12.8. The summed E-state index contributed by atoms with van der Waals surface area (Å²) in [6.45, 7) is 0.0672. The van der Waals surface area contributed by atoms with E-state index in [1.165, 1.54) is 0 Å². The highest BCUT2D eigenvalue weighted by molar-refractivity contribution is 9.10. The molecule has 1 amide bonds. The molecule has 0 spiro atoms. The fourth-order valence-corrected chi connectivity index (χ4v) is 3.17. The van der Waals surface area contributed by atoms with Crippen LogP contribution in [0.4, 0.5) is 0 Å². The number of fused-ring (bicyclic) bond motifs is 1. The van der Waals surface area contributed by atoms with Gasteiger partial charge in [-0.1, -0.05) is 51.8 Å². The molecule has 3 rings (SSSR count). The highest BCUT2D eigenvalue weighted by atomic mass is 79.9. The molecule has 138 valence electrons. The van der Waals surface area contributed by atoms with Gasteiger partial charge in [0.15, 0.2) is 0 Å². The number of aliphatic carboxylic acids is 1. The molecule has 3 N–H and O–H groups in total. The Labute approximate surface area is 169 Å². The molecular formula is C20H16BrClN2O3. The third-order valence-electron chi connectivity index (χ3n) is 3.95. The minimum atomic E-state index is -0.957. The van der Waals surface area contributed by atoms with Crippen LogP contribution < -0.4 is 5.32 Å². The van der Waals surface area contributed by atoms with E-state index in [0.717, 1.165) is 20.9 Å². The van der Waals surface area contributed by atoms with Crippen molar-refractivity contribution < 1.29 is 14.7 Å². The maximum Gasteiger partial charge on any atom is 0.305 e. The first kappa shape index (κ1) is 19.2. The Morgan fingerprint density at radius 3 is 2.59 bits per heavy atom. The molecule has 0 aliphatic heterocycles. The molecule has 2 aromatic carbocycles. The van der Waals surface area contributed by atoms with E-state index in [2.05, 4.69) is 26.2 Å². The van der Waals surface area contributed by atoms with Crippen molar-refractivity contribution in [3.63, 3.8) is 0 Å². The number of halogens is 2. The number of H-pyrrole nitrogens is 1. The first-order chi connectivity index (χ1) is 12.9. The zero-order valence-electron chi connectivity index (χ0n) is 14.1. The van der Waals surface area contributed by atoms with E-state index in [-0.39, 0.29) is 18.9 Å². The Balaban J connectivity index is 1.96. The van der Waals surface area contributed by atoms with Crippen molar-refractivity contribution in [2.75, 3.05) is 6.54 Å². The second-order valence-electron chi connectivity index (χ2n) is 5.89. The molecule has 1 aromatic heterocycles. The first-order valence-electron chi connectivity index (χ1n) is 8.19. The number of carbonyl (C=O) groups excluding carboxylic acids is 1. The van der Waals surface area contributed by atoms with Gasteiger partial charge in [0.25, 0.3) is 5.91 Å². The Bertz CT molecular complexity index is 1030. The van der Waals surface area contributed by atoms with Gasteiger partial charge in [-0.3, -0.25) is 9.59 Å². The molecule has 0 saturated heterocycles. The Morgan fingerprint density at radius 2 is 1.89 bits per heavy atom. The van der Waals surface area contributed by atoms with Crippen LogP contribution in [-0.4, -0.2) is 28.5 Å². The third kappa shape index (κ3) is 4.78. The summed E-state index contributed by atoms with van der Waals surface area (Å²) in [5.74, 6) is -1.28. The smallest absolute Gasteiger partial charge is 0.305 e. The van der Waals surface area contributed by atoms with Crippen LogP contribution in [0.25, 0.3) is 23.1 Å². The molecule has 0 unspecified atom stereocenters. The Hall–Kier alpha value is -2.57. The number of carboxylic acids is 1. The van der Waals surface area contributed by atoms with Gasteiger partial charge in [0, 0.05) is 26.9 Å². The van der Waals surface area contributed by atoms with Gasteiger partial charge >= 0.3 is 5.97 Å². The second-order valence-corrected chi connectivity index (χ2v) is 7.24. The molecule has 3 aromatic rings. The average molecular weight is 448 g/mol. The van der Waals surface area contributed by atoms with Crippen molar-refractivity contribution >= 4 is 62.5 Å². The lowest BCUT2D eigenvalue weighted by Gasteiger charge is -2.04. The molecule has 7 heteroatoms. The quantitative estimate of drug-likeness (QED) is 0.499. The minimum Gasteiger partial charge on any atom is -0.481 e. The molecule has 0 aliphatic rings. The minimum absolute atomic E-state index is 0.0672. The van der Waals surface area contributed by atoms with E-state index >= 15 is 0 Å². The maximum absolute atomic E-state index is 12.7. The van der Waals surface area contributed by atoms with Crippen molar-refractivity contribution in [3.8, 4) is 0 Å². The largest absolute Gasteiger partial charge is 0.481 e. The van der Waals surface area contributed by atoms with Crippen LogP contribution in [0.1, 0.15) is 28.0 Å². The third-order valence-corrected chi connectivity index (χ3v) is 4.70. The fourth-order valence-electron chi connectivity index (χ4n) is 2.68. The van der Waals surface area contributed by atoms with Gasteiger partial charge < -0.3 is 15.4 Å². The van der Waals surface area contributed by atoms with Crippen molar-refractivity contribution in [2.45, 2.75) is 6.42 Å². The topological polar surface area (TPSA) is 82.2 Å². The van der Waals surface area contributed by atoms with Crippen molar-refractivity contribution in [2.24, 2.45) is 0 Å². The molecule has 1 heterocycles. The molecule has 0 radical (unpaired) electrons. The monoisotopic (exact) mass is 446 g/mol. The van der Waals surface area contributed by atoms with Gasteiger partial charge in [-0.2, -0.15) is 0 Å². The van der Waals surface area contributed by atoms with Gasteiger partial charge in [-0.05, 0) is 35.9 Å². The van der Waals surface area contributed by atoms with Crippen LogP contribution >= 0.6 is 27.5 Å². The van der Waals surface area contributed by atoms with E-state index in [1.807, 2.05) is 42.5 Å². The summed E-state index contributed by atoms with van der Waals surface area (Å²) in [4.78, 5) is 26.6. The summed E-state index contributed by atoms with van der Waals surface area (Å²) in [5.41, 5.74) is 2.87. The van der Waals surface area contributed by atoms with Crippen LogP contribution in [-0.2, 0) is 4.79 Å². The van der Waals surface area contributed by atoms with Crippen LogP contribution in [0.2, 0.25) is 5.02 Å². The van der Waals surface area contributed by atoms with E-state index in [1.54, 1.807) is 12.1 Å². The summed E-state index contributed by atoms with van der Waals surface area (Å²) in [6, 6.07) is 12.9. The Morgan fingerprint density at radius 1 is 1.15 bits per heavy atom. The number of benzene rings is 2. The predicted molar refractivity (Wildman–Crippen MR) is 111 cm³/mol. The number of aromatic nitrogens is 1. The van der Waals surface area contributed by atoms with Crippen LogP contribution in [0.3, 0.4) is 0 Å². The number of amides is 1. The summed E-state index contributed by atoms with van der Waals surface area (Å²) in [6.07, 6.45) is 3.57. The zero-order valence-corrected chi connectivity index (χ0v) is 16.5. The van der Waals surface area contributed by atoms with Crippen molar-refractivity contribution in [1.82, 2.24) is 10.3 Å². The molecule has 0 aliphatic carbocycles. The highest BCUT2D eigenvalue weighted by Gasteiger charge is 2.17. The normalized spacial score (nSPS) is 11.2. The number of rotatable bonds is 6. The summed E-state index contributed by atoms with van der Waals surface area (Å²) in [7, 11) is 0. The lowest BCUT2D eigenvalue weighted by Crippen LogP contribution is -2.26. The second kappa shape index (κ2) is 8.41. The van der Waals surface area contributed by atoms with E-state index < -0.39 is 5.97 Å². The van der Waals surface area contributed by atoms with Crippen molar-refractivity contribution in [3.05, 3.63) is 68.8 Å². The number of hydrogen-bond acceptors (Lipinski definition) is 2. The van der Waals surface area contributed by atoms with Gasteiger partial charge in [-0.15, -0.1) is 0 Å². The van der Waals surface area contributed by atoms with Crippen LogP contribution in [0.5, 0.6) is 0 Å². The molecule has 27 heavy (non-hydrogen) atoms. The SMILES string of the molecule is O=C(O)CCNC(=O)c1c(/C=C/c2ccc(Cl)cc2)[nH]c2cc(Br)ccc12. The average Bonchev–Trinajstić information content (AvgIpc) is 2.98. The van der Waals surface area contributed by atoms with Gasteiger partial charge in [0.2, 0.25) is 0 Å². The van der Waals surface area contributed by atoms with Gasteiger partial charge in [0.05, 0.1) is 17.7 Å². The van der Waals surface area contributed by atoms with E-state index in [4.69, 9.17) is 16.7 Å². The molecule has 0 fully saturated rings. The highest BCUT2D eigenvalue weighted by Crippen LogP contribution is 2.27. The number of aromatic amines is 1. The van der Waals surface area contributed by atoms with Crippen LogP contribution in [0, 0.1) is 0 Å². The van der Waals surface area contributed by atoms with Gasteiger partial charge in [0.1, 0.15) is 0 Å². The summed E-state index contributed by atoms with van der Waals surface area (Å²) < 4.78 is 0.891. The lowest BCUT2D eigenvalue weighted by atomic mass is 10.1. The predicted octanol–water partition coefficient (Wildman–Crippen LogP) is 4.96. The number of carbonyl (C=O) groups is 2. The van der Waals surface area contributed by atoms with E-state index in [0.29, 0.717) is 16.3 Å². The first-order valence-corrected chi connectivity index (χ1v) is 9.36. The van der Waals surface area contributed by atoms with Gasteiger partial charge in [-0.25, -0.2) is 0 Å². The fraction of sp³-hybridized carbons (Fsp3) is 0.100. The van der Waals surface area contributed by atoms with Crippen molar-refractivity contribution in [1.29, 1.82) is 0 Å². The molecular weight excluding hydrogens is 432 g/mol. The standard InChI is InChI=1S/C20H16BrClN2O3/c21-13-4-7-15-17(11-13)24-16(8-3-12-1-5-14(22)6-2-12)19(15)20(27)23-10-9-18(25)26/h1-8,11,24H,9-10H2,(H,23,27)(H,25,26)/b8-3+. The van der Waals surface area contributed by atoms with E-state index in [9.17, 15) is 9.59 Å². The Kier molecular flexibility index (Phi) is 5.98. The molecule has 0 bridgehead atoms. The van der Waals surface area contributed by atoms with Crippen LogP contribution in [0.15, 0.2) is 46.9 Å². The number of carboxylic acid groups (broad SMARTS) is 1. The maximum atomic E-state index is 12.7. The number of hydrogen-bond donors (Lipinski definition) is 3. The molecule has 0 saturated carbocycles. The lowest BCUT2D eigenvalue weighted by molar-refractivity contribution is -0.136. The molecule has 0 atom stereocenters. The zero-order chi connectivity index (χ0) is 19.4. The number of nitrogens with one attached hydrogen (secondary N) is 2.